The second-order valence-corrected chi connectivity index (χ2v) is 4.39. The van der Waals surface area contributed by atoms with Crippen molar-refractivity contribution in [2.24, 2.45) is 0 Å². The van der Waals surface area contributed by atoms with Gasteiger partial charge in [-0.1, -0.05) is 43.7 Å². The van der Waals surface area contributed by atoms with E-state index in [2.05, 4.69) is 49.9 Å². The SMILES string of the molecule is C=CCC/C=C\Cc1ccc(OCCCC)cc1. The van der Waals surface area contributed by atoms with Crippen LogP contribution in [0.1, 0.15) is 38.2 Å². The lowest BCUT2D eigenvalue weighted by molar-refractivity contribution is 0.309. The van der Waals surface area contributed by atoms with Gasteiger partial charge in [0.2, 0.25) is 0 Å². The molecule has 0 N–H and O–H groups in total. The molecule has 0 aliphatic heterocycles. The topological polar surface area (TPSA) is 9.23 Å². The molecule has 0 saturated heterocycles. The molecule has 0 aromatic heterocycles. The highest BCUT2D eigenvalue weighted by Gasteiger charge is 1.94. The van der Waals surface area contributed by atoms with E-state index < -0.39 is 0 Å². The van der Waals surface area contributed by atoms with E-state index in [1.54, 1.807) is 0 Å². The minimum absolute atomic E-state index is 0.817. The fraction of sp³-hybridized carbons (Fsp3) is 0.412. The predicted octanol–water partition coefficient (Wildman–Crippen LogP) is 4.93. The van der Waals surface area contributed by atoms with Crippen LogP contribution in [0.15, 0.2) is 49.1 Å². The molecule has 0 fully saturated rings. The van der Waals surface area contributed by atoms with Gasteiger partial charge in [0.05, 0.1) is 6.61 Å². The molecule has 0 unspecified atom stereocenters. The van der Waals surface area contributed by atoms with E-state index in [4.69, 9.17) is 4.74 Å². The van der Waals surface area contributed by atoms with Gasteiger partial charge in [0.15, 0.2) is 0 Å². The number of allylic oxidation sites excluding steroid dienone is 3. The van der Waals surface area contributed by atoms with Crippen LogP contribution in [0, 0.1) is 0 Å². The predicted molar refractivity (Wildman–Crippen MR) is 79.1 cm³/mol. The van der Waals surface area contributed by atoms with Crippen molar-refractivity contribution in [1.82, 2.24) is 0 Å². The Balaban J connectivity index is 2.31. The summed E-state index contributed by atoms with van der Waals surface area (Å²) in [5, 5.41) is 0. The summed E-state index contributed by atoms with van der Waals surface area (Å²) in [6.07, 6.45) is 11.8. The van der Waals surface area contributed by atoms with Crippen molar-refractivity contribution < 1.29 is 4.74 Å². The van der Waals surface area contributed by atoms with Crippen molar-refractivity contribution in [3.8, 4) is 5.75 Å². The van der Waals surface area contributed by atoms with Crippen LogP contribution in [-0.4, -0.2) is 6.61 Å². The minimum Gasteiger partial charge on any atom is -0.494 e. The largest absolute Gasteiger partial charge is 0.494 e. The van der Waals surface area contributed by atoms with Crippen LogP contribution in [0.3, 0.4) is 0 Å². The maximum absolute atomic E-state index is 5.63. The molecule has 1 nitrogen and oxygen atoms in total. The maximum Gasteiger partial charge on any atom is 0.119 e. The van der Waals surface area contributed by atoms with Crippen molar-refractivity contribution in [1.29, 1.82) is 0 Å². The molecule has 1 heteroatoms. The third kappa shape index (κ3) is 6.29. The van der Waals surface area contributed by atoms with Gasteiger partial charge in [0.25, 0.3) is 0 Å². The van der Waals surface area contributed by atoms with Crippen molar-refractivity contribution in [2.45, 2.75) is 39.0 Å². The molecule has 0 heterocycles. The first-order valence-corrected chi connectivity index (χ1v) is 6.84. The molecular weight excluding hydrogens is 220 g/mol. The monoisotopic (exact) mass is 244 g/mol. The quantitative estimate of drug-likeness (QED) is 0.442. The smallest absolute Gasteiger partial charge is 0.119 e. The van der Waals surface area contributed by atoms with E-state index in [1.165, 1.54) is 12.0 Å². The fourth-order valence-corrected chi connectivity index (χ4v) is 1.61. The van der Waals surface area contributed by atoms with Gasteiger partial charge in [-0.2, -0.15) is 0 Å². The fourth-order valence-electron chi connectivity index (χ4n) is 1.61. The van der Waals surface area contributed by atoms with Crippen molar-refractivity contribution >= 4 is 0 Å². The normalized spacial score (nSPS) is 10.7. The van der Waals surface area contributed by atoms with Crippen LogP contribution >= 0.6 is 0 Å². The van der Waals surface area contributed by atoms with E-state index >= 15 is 0 Å². The highest BCUT2D eigenvalue weighted by atomic mass is 16.5. The van der Waals surface area contributed by atoms with E-state index in [0.29, 0.717) is 0 Å². The van der Waals surface area contributed by atoms with Gasteiger partial charge in [0.1, 0.15) is 5.75 Å². The van der Waals surface area contributed by atoms with Gasteiger partial charge >= 0.3 is 0 Å². The number of benzene rings is 1. The van der Waals surface area contributed by atoms with Gasteiger partial charge < -0.3 is 4.74 Å². The molecule has 0 aliphatic rings. The molecule has 1 rings (SSSR count). The Kier molecular flexibility index (Phi) is 7.70. The van der Waals surface area contributed by atoms with Crippen LogP contribution < -0.4 is 4.74 Å². The Morgan fingerprint density at radius 1 is 1.11 bits per heavy atom. The van der Waals surface area contributed by atoms with E-state index in [-0.39, 0.29) is 0 Å². The van der Waals surface area contributed by atoms with Crippen LogP contribution in [0.4, 0.5) is 0 Å². The lowest BCUT2D eigenvalue weighted by Crippen LogP contribution is -1.96. The molecule has 0 radical (unpaired) electrons. The highest BCUT2D eigenvalue weighted by Crippen LogP contribution is 2.13. The van der Waals surface area contributed by atoms with E-state index in [1.807, 2.05) is 6.08 Å². The molecule has 98 valence electrons. The zero-order chi connectivity index (χ0) is 13.1. The molecule has 0 amide bonds. The van der Waals surface area contributed by atoms with Gasteiger partial charge in [-0.05, 0) is 43.4 Å². The summed E-state index contributed by atoms with van der Waals surface area (Å²) in [6, 6.07) is 8.39. The maximum atomic E-state index is 5.63. The summed E-state index contributed by atoms with van der Waals surface area (Å²) in [5.41, 5.74) is 1.33. The van der Waals surface area contributed by atoms with E-state index in [0.717, 1.165) is 38.0 Å². The molecule has 0 spiro atoms. The second-order valence-electron chi connectivity index (χ2n) is 4.39. The summed E-state index contributed by atoms with van der Waals surface area (Å²) in [7, 11) is 0. The number of hydrogen-bond acceptors (Lipinski definition) is 1. The first-order valence-electron chi connectivity index (χ1n) is 6.84. The summed E-state index contributed by atoms with van der Waals surface area (Å²) in [5.74, 6) is 0.975. The summed E-state index contributed by atoms with van der Waals surface area (Å²) in [4.78, 5) is 0. The number of ether oxygens (including phenoxy) is 1. The van der Waals surface area contributed by atoms with Gasteiger partial charge in [-0.25, -0.2) is 0 Å². The Hall–Kier alpha value is -1.50. The zero-order valence-corrected chi connectivity index (χ0v) is 11.4. The molecule has 1 aromatic rings. The Bertz CT molecular complexity index is 348. The third-order valence-corrected chi connectivity index (χ3v) is 2.75. The van der Waals surface area contributed by atoms with Gasteiger partial charge in [-0.3, -0.25) is 0 Å². The Labute approximate surface area is 111 Å². The lowest BCUT2D eigenvalue weighted by Gasteiger charge is -2.05. The molecule has 0 atom stereocenters. The summed E-state index contributed by atoms with van der Waals surface area (Å²) >= 11 is 0. The van der Waals surface area contributed by atoms with E-state index in [9.17, 15) is 0 Å². The van der Waals surface area contributed by atoms with Crippen LogP contribution in [0.2, 0.25) is 0 Å². The van der Waals surface area contributed by atoms with Crippen LogP contribution in [-0.2, 0) is 6.42 Å². The molecule has 0 aliphatic carbocycles. The molecule has 1 aromatic carbocycles. The molecule has 0 saturated carbocycles. The van der Waals surface area contributed by atoms with Crippen molar-refractivity contribution in [3.63, 3.8) is 0 Å². The summed E-state index contributed by atoms with van der Waals surface area (Å²) < 4.78 is 5.63. The zero-order valence-electron chi connectivity index (χ0n) is 11.4. The second kappa shape index (κ2) is 9.52. The first kappa shape index (κ1) is 14.6. The molecule has 0 bridgehead atoms. The van der Waals surface area contributed by atoms with Crippen LogP contribution in [0.25, 0.3) is 0 Å². The molecule has 18 heavy (non-hydrogen) atoms. The Morgan fingerprint density at radius 2 is 1.89 bits per heavy atom. The average molecular weight is 244 g/mol. The standard InChI is InChI=1S/C17H24O/c1-3-5-7-8-9-10-16-11-13-17(14-12-16)18-15-6-4-2/h3,8-9,11-14H,1,4-7,10,15H2,2H3/b9-8-. The summed E-state index contributed by atoms with van der Waals surface area (Å²) in [6.45, 7) is 6.70. The number of hydrogen-bond donors (Lipinski definition) is 0. The first-order chi connectivity index (χ1) is 8.86. The molecular formula is C17H24O. The number of rotatable bonds is 9. The van der Waals surface area contributed by atoms with Gasteiger partial charge in [0, 0.05) is 0 Å². The van der Waals surface area contributed by atoms with Crippen molar-refractivity contribution in [3.05, 3.63) is 54.6 Å². The minimum atomic E-state index is 0.817. The third-order valence-electron chi connectivity index (χ3n) is 2.75. The van der Waals surface area contributed by atoms with Crippen molar-refractivity contribution in [2.75, 3.05) is 6.61 Å². The average Bonchev–Trinajstić information content (AvgIpc) is 2.40. The highest BCUT2D eigenvalue weighted by molar-refractivity contribution is 5.28. The van der Waals surface area contributed by atoms with Gasteiger partial charge in [-0.15, -0.1) is 6.58 Å². The number of unbranched alkanes of at least 4 members (excludes halogenated alkanes) is 2. The lowest BCUT2D eigenvalue weighted by atomic mass is 10.1. The van der Waals surface area contributed by atoms with Crippen LogP contribution in [0.5, 0.6) is 5.75 Å². The Morgan fingerprint density at radius 3 is 2.56 bits per heavy atom.